The van der Waals surface area contributed by atoms with Gasteiger partial charge in [-0.05, 0) is 56.0 Å². The molecule has 0 bridgehead atoms. The first-order chi connectivity index (χ1) is 14.7. The lowest BCUT2D eigenvalue weighted by Gasteiger charge is -2.29. The number of amides is 1. The van der Waals surface area contributed by atoms with E-state index in [0.717, 1.165) is 29.0 Å². The molecule has 0 atom stereocenters. The maximum absolute atomic E-state index is 13.1. The van der Waals surface area contributed by atoms with Crippen LogP contribution in [0.5, 0.6) is 5.75 Å². The summed E-state index contributed by atoms with van der Waals surface area (Å²) in [7, 11) is 1.63. The molecule has 0 aliphatic carbocycles. The van der Waals surface area contributed by atoms with Crippen LogP contribution in [-0.4, -0.2) is 36.8 Å². The number of ether oxygens (including phenoxy) is 2. The van der Waals surface area contributed by atoms with Gasteiger partial charge in [0.25, 0.3) is 0 Å². The van der Waals surface area contributed by atoms with Crippen molar-refractivity contribution < 1.29 is 19.1 Å². The van der Waals surface area contributed by atoms with Gasteiger partial charge >= 0.3 is 6.09 Å². The summed E-state index contributed by atoms with van der Waals surface area (Å²) in [5.41, 5.74) is 3.63. The predicted molar refractivity (Wildman–Crippen MR) is 123 cm³/mol. The average Bonchev–Trinajstić information content (AvgIpc) is 2.71. The van der Waals surface area contributed by atoms with E-state index in [1.165, 1.54) is 0 Å². The Labute approximate surface area is 183 Å². The van der Waals surface area contributed by atoms with Crippen LogP contribution in [0.2, 0.25) is 0 Å². The molecule has 1 N–H and O–H groups in total. The summed E-state index contributed by atoms with van der Waals surface area (Å²) in [6, 6.07) is 12.8. The van der Waals surface area contributed by atoms with Crippen molar-refractivity contribution in [1.29, 1.82) is 0 Å². The van der Waals surface area contributed by atoms with Crippen LogP contribution in [0.4, 0.5) is 10.5 Å². The quantitative estimate of drug-likeness (QED) is 0.615. The van der Waals surface area contributed by atoms with Gasteiger partial charge in [0.1, 0.15) is 5.75 Å². The number of hydrogen-bond acceptors (Lipinski definition) is 5. The number of benzene rings is 2. The molecule has 1 amide bonds. The van der Waals surface area contributed by atoms with Crippen molar-refractivity contribution in [3.05, 3.63) is 59.2 Å². The van der Waals surface area contributed by atoms with Gasteiger partial charge in [-0.2, -0.15) is 0 Å². The third-order valence-electron chi connectivity index (χ3n) is 5.00. The average molecular weight is 423 g/mol. The lowest BCUT2D eigenvalue weighted by molar-refractivity contribution is 0.1000. The van der Waals surface area contributed by atoms with Crippen molar-refractivity contribution in [3.8, 4) is 5.75 Å². The van der Waals surface area contributed by atoms with Gasteiger partial charge < -0.3 is 9.47 Å². The highest BCUT2D eigenvalue weighted by Gasteiger charge is 2.28. The second-order valence-corrected chi connectivity index (χ2v) is 8.87. The summed E-state index contributed by atoms with van der Waals surface area (Å²) in [5, 5.41) is 2.68. The largest absolute Gasteiger partial charge is 0.497 e. The van der Waals surface area contributed by atoms with Gasteiger partial charge in [-0.15, -0.1) is 0 Å². The summed E-state index contributed by atoms with van der Waals surface area (Å²) >= 11 is 0. The SMILES string of the molecule is COc1ccc2c(c1)C(CC(=O)c1cccc(NC(=O)OCC(C)C)c1)=NC(C)(C)C2. The molecule has 6 nitrogen and oxygen atoms in total. The van der Waals surface area contributed by atoms with Crippen LogP contribution in [0.3, 0.4) is 0 Å². The number of carbonyl (C=O) groups is 2. The van der Waals surface area contributed by atoms with Crippen LogP contribution in [0.25, 0.3) is 0 Å². The topological polar surface area (TPSA) is 77.0 Å². The number of ketones is 1. The molecule has 1 heterocycles. The Morgan fingerprint density at radius 1 is 1.16 bits per heavy atom. The first kappa shape index (κ1) is 22.5. The van der Waals surface area contributed by atoms with Gasteiger partial charge in [-0.25, -0.2) is 4.79 Å². The van der Waals surface area contributed by atoms with E-state index in [-0.39, 0.29) is 23.7 Å². The monoisotopic (exact) mass is 422 g/mol. The summed E-state index contributed by atoms with van der Waals surface area (Å²) < 4.78 is 10.5. The molecule has 0 aromatic heterocycles. The Morgan fingerprint density at radius 3 is 2.65 bits per heavy atom. The van der Waals surface area contributed by atoms with Crippen molar-refractivity contribution >= 4 is 23.3 Å². The minimum absolute atomic E-state index is 0.0654. The third-order valence-corrected chi connectivity index (χ3v) is 5.00. The molecule has 0 spiro atoms. The van der Waals surface area contributed by atoms with Crippen LogP contribution >= 0.6 is 0 Å². The van der Waals surface area contributed by atoms with Gasteiger partial charge in [0, 0.05) is 16.8 Å². The zero-order chi connectivity index (χ0) is 22.6. The Bertz CT molecular complexity index is 1010. The number of hydrogen-bond donors (Lipinski definition) is 1. The molecule has 0 saturated carbocycles. The second kappa shape index (κ2) is 9.33. The fourth-order valence-electron chi connectivity index (χ4n) is 3.59. The molecule has 3 rings (SSSR count). The summed E-state index contributed by atoms with van der Waals surface area (Å²) in [6.07, 6.45) is 0.449. The minimum atomic E-state index is -0.530. The van der Waals surface area contributed by atoms with Gasteiger partial charge in [0.05, 0.1) is 31.4 Å². The van der Waals surface area contributed by atoms with Gasteiger partial charge in [0.15, 0.2) is 5.78 Å². The Kier molecular flexibility index (Phi) is 6.78. The normalized spacial score (nSPS) is 14.5. The smallest absolute Gasteiger partial charge is 0.411 e. The molecule has 0 fully saturated rings. The van der Waals surface area contributed by atoms with Crippen LogP contribution < -0.4 is 10.1 Å². The van der Waals surface area contributed by atoms with Crippen LogP contribution in [0.1, 0.15) is 55.6 Å². The van der Waals surface area contributed by atoms with Crippen molar-refractivity contribution in [2.75, 3.05) is 19.0 Å². The van der Waals surface area contributed by atoms with Crippen molar-refractivity contribution in [1.82, 2.24) is 0 Å². The van der Waals surface area contributed by atoms with E-state index < -0.39 is 6.09 Å². The highest BCUT2D eigenvalue weighted by Crippen LogP contribution is 2.31. The number of fused-ring (bicyclic) bond motifs is 1. The zero-order valence-electron chi connectivity index (χ0n) is 18.8. The molecule has 0 unspecified atom stereocenters. The van der Waals surface area contributed by atoms with E-state index in [1.807, 2.05) is 32.0 Å². The maximum atomic E-state index is 13.1. The highest BCUT2D eigenvalue weighted by molar-refractivity contribution is 6.17. The van der Waals surface area contributed by atoms with Gasteiger partial charge in [0.2, 0.25) is 0 Å². The number of carbonyl (C=O) groups excluding carboxylic acids is 2. The molecule has 1 aliphatic heterocycles. The van der Waals surface area contributed by atoms with Crippen LogP contribution in [-0.2, 0) is 11.2 Å². The molecular weight excluding hydrogens is 392 g/mol. The van der Waals surface area contributed by atoms with E-state index >= 15 is 0 Å². The predicted octanol–water partition coefficient (Wildman–Crippen LogP) is 5.30. The molecule has 2 aromatic carbocycles. The van der Waals surface area contributed by atoms with Crippen LogP contribution in [0, 0.1) is 5.92 Å². The number of methoxy groups -OCH3 is 1. The molecule has 1 aliphatic rings. The summed E-state index contributed by atoms with van der Waals surface area (Å²) in [4.78, 5) is 29.9. The van der Waals surface area contributed by atoms with E-state index in [4.69, 9.17) is 14.5 Å². The van der Waals surface area contributed by atoms with Gasteiger partial charge in [-0.1, -0.05) is 32.0 Å². The van der Waals surface area contributed by atoms with Crippen molar-refractivity contribution in [2.45, 2.75) is 46.1 Å². The Morgan fingerprint density at radius 2 is 1.94 bits per heavy atom. The Balaban J connectivity index is 1.78. The number of rotatable bonds is 7. The number of aliphatic imine (C=N–C) groups is 1. The second-order valence-electron chi connectivity index (χ2n) is 8.87. The number of nitrogens with zero attached hydrogens (tertiary/aromatic N) is 1. The van der Waals surface area contributed by atoms with Crippen molar-refractivity contribution in [2.24, 2.45) is 10.9 Å². The fraction of sp³-hybridized carbons (Fsp3) is 0.400. The minimum Gasteiger partial charge on any atom is -0.497 e. The van der Waals surface area contributed by atoms with Crippen LogP contribution in [0.15, 0.2) is 47.5 Å². The number of anilines is 1. The standard InChI is InChI=1S/C25H30N2O4/c1-16(2)15-31-24(29)26-19-8-6-7-17(11-19)23(28)13-22-21-12-20(30-5)10-9-18(21)14-25(3,4)27-22/h6-12,16H,13-15H2,1-5H3,(H,26,29). The molecule has 164 valence electrons. The van der Waals surface area contributed by atoms with E-state index in [1.54, 1.807) is 31.4 Å². The van der Waals surface area contributed by atoms with E-state index in [0.29, 0.717) is 17.9 Å². The van der Waals surface area contributed by atoms with Crippen molar-refractivity contribution in [3.63, 3.8) is 0 Å². The lowest BCUT2D eigenvalue weighted by atomic mass is 9.85. The Hall–Kier alpha value is -3.15. The molecule has 0 radical (unpaired) electrons. The first-order valence-electron chi connectivity index (χ1n) is 10.5. The van der Waals surface area contributed by atoms with E-state index in [2.05, 4.69) is 19.2 Å². The number of Topliss-reactive ketones (excluding diaryl/α,β-unsaturated/α-hetero) is 1. The summed E-state index contributed by atoms with van der Waals surface area (Å²) in [5.74, 6) is 0.926. The maximum Gasteiger partial charge on any atom is 0.411 e. The molecule has 31 heavy (non-hydrogen) atoms. The van der Waals surface area contributed by atoms with E-state index in [9.17, 15) is 9.59 Å². The third kappa shape index (κ3) is 5.94. The molecule has 0 saturated heterocycles. The molecular formula is C25H30N2O4. The molecule has 6 heteroatoms. The number of nitrogens with one attached hydrogen (secondary N) is 1. The first-order valence-corrected chi connectivity index (χ1v) is 10.5. The van der Waals surface area contributed by atoms with Gasteiger partial charge in [-0.3, -0.25) is 15.1 Å². The zero-order valence-corrected chi connectivity index (χ0v) is 18.8. The molecule has 2 aromatic rings. The lowest BCUT2D eigenvalue weighted by Crippen LogP contribution is -2.30. The fourth-order valence-corrected chi connectivity index (χ4v) is 3.59. The summed E-state index contributed by atoms with van der Waals surface area (Å²) in [6.45, 7) is 8.41. The highest BCUT2D eigenvalue weighted by atomic mass is 16.5.